The Labute approximate surface area is 142 Å². The SMILES string of the molecule is C=C(C)[C@H]1CC=C(C)C(=NNC(=O)COc2ccccc2C#N)C1. The summed E-state index contributed by atoms with van der Waals surface area (Å²) in [5, 5.41) is 13.2. The highest BCUT2D eigenvalue weighted by atomic mass is 16.5. The summed E-state index contributed by atoms with van der Waals surface area (Å²) < 4.78 is 5.38. The lowest BCUT2D eigenvalue weighted by atomic mass is 9.85. The van der Waals surface area contributed by atoms with Crippen molar-refractivity contribution in [3.8, 4) is 11.8 Å². The van der Waals surface area contributed by atoms with Crippen LogP contribution in [0.5, 0.6) is 5.75 Å². The molecule has 1 amide bonds. The van der Waals surface area contributed by atoms with Crippen LogP contribution in [0.25, 0.3) is 0 Å². The minimum atomic E-state index is -0.361. The predicted octanol–water partition coefficient (Wildman–Crippen LogP) is 3.34. The molecular weight excluding hydrogens is 302 g/mol. The number of nitrogens with one attached hydrogen (secondary N) is 1. The molecule has 124 valence electrons. The van der Waals surface area contributed by atoms with Crippen molar-refractivity contribution in [3.63, 3.8) is 0 Å². The summed E-state index contributed by atoms with van der Waals surface area (Å²) in [6, 6.07) is 8.82. The molecule has 1 aromatic rings. The third kappa shape index (κ3) is 4.56. The largest absolute Gasteiger partial charge is 0.482 e. The Balaban J connectivity index is 1.93. The number of carbonyl (C=O) groups excluding carboxylic acids is 1. The highest BCUT2D eigenvalue weighted by molar-refractivity contribution is 6.01. The number of hydrogen-bond donors (Lipinski definition) is 1. The second kappa shape index (κ2) is 8.11. The maximum Gasteiger partial charge on any atom is 0.277 e. The van der Waals surface area contributed by atoms with Gasteiger partial charge in [-0.2, -0.15) is 10.4 Å². The van der Waals surface area contributed by atoms with E-state index >= 15 is 0 Å². The number of hydrazone groups is 1. The molecule has 5 nitrogen and oxygen atoms in total. The molecule has 0 heterocycles. The molecule has 1 atom stereocenters. The van der Waals surface area contributed by atoms with Gasteiger partial charge in [0.25, 0.3) is 5.91 Å². The van der Waals surface area contributed by atoms with Crippen LogP contribution in [0.15, 0.2) is 53.2 Å². The van der Waals surface area contributed by atoms with Crippen LogP contribution in [0.2, 0.25) is 0 Å². The van der Waals surface area contributed by atoms with Crippen LogP contribution < -0.4 is 10.2 Å². The molecule has 1 aliphatic rings. The van der Waals surface area contributed by atoms with Gasteiger partial charge in [-0.15, -0.1) is 0 Å². The normalized spacial score (nSPS) is 18.5. The molecule has 2 rings (SSSR count). The molecule has 0 aromatic heterocycles. The molecule has 24 heavy (non-hydrogen) atoms. The lowest BCUT2D eigenvalue weighted by Gasteiger charge is -2.22. The van der Waals surface area contributed by atoms with Crippen LogP contribution >= 0.6 is 0 Å². The number of carbonyl (C=O) groups is 1. The van der Waals surface area contributed by atoms with Gasteiger partial charge >= 0.3 is 0 Å². The number of para-hydroxylation sites is 1. The molecule has 0 unspecified atom stereocenters. The first-order valence-corrected chi connectivity index (χ1v) is 7.81. The van der Waals surface area contributed by atoms with E-state index in [1.807, 2.05) is 19.9 Å². The van der Waals surface area contributed by atoms with Crippen molar-refractivity contribution >= 4 is 11.6 Å². The van der Waals surface area contributed by atoms with Crippen LogP contribution in [0.1, 0.15) is 32.3 Å². The van der Waals surface area contributed by atoms with Crippen LogP contribution in [-0.4, -0.2) is 18.2 Å². The van der Waals surface area contributed by atoms with E-state index in [-0.39, 0.29) is 12.5 Å². The number of nitrogens with zero attached hydrogens (tertiary/aromatic N) is 2. The summed E-state index contributed by atoms with van der Waals surface area (Å²) >= 11 is 0. The van der Waals surface area contributed by atoms with Crippen LogP contribution in [0.4, 0.5) is 0 Å². The number of hydrogen-bond acceptors (Lipinski definition) is 4. The van der Waals surface area contributed by atoms with Crippen LogP contribution in [-0.2, 0) is 4.79 Å². The van der Waals surface area contributed by atoms with Gasteiger partial charge in [-0.3, -0.25) is 4.79 Å². The first kappa shape index (κ1) is 17.5. The van der Waals surface area contributed by atoms with Gasteiger partial charge in [-0.25, -0.2) is 5.43 Å². The fraction of sp³-hybridized carbons (Fsp3) is 0.316. The van der Waals surface area contributed by atoms with E-state index in [0.717, 1.165) is 29.7 Å². The molecular formula is C19H21N3O2. The zero-order chi connectivity index (χ0) is 17.5. The summed E-state index contributed by atoms with van der Waals surface area (Å²) in [6.45, 7) is 7.80. The highest BCUT2D eigenvalue weighted by Gasteiger charge is 2.18. The minimum absolute atomic E-state index is 0.192. The van der Waals surface area contributed by atoms with Crippen molar-refractivity contribution in [1.29, 1.82) is 5.26 Å². The van der Waals surface area contributed by atoms with Crippen molar-refractivity contribution in [2.75, 3.05) is 6.61 Å². The number of allylic oxidation sites excluding steroid dienone is 3. The van der Waals surface area contributed by atoms with Crippen molar-refractivity contribution in [2.45, 2.75) is 26.7 Å². The van der Waals surface area contributed by atoms with Gasteiger partial charge in [-0.1, -0.05) is 30.4 Å². The smallest absolute Gasteiger partial charge is 0.277 e. The number of benzene rings is 1. The quantitative estimate of drug-likeness (QED) is 0.667. The second-order valence-corrected chi connectivity index (χ2v) is 5.86. The molecule has 0 saturated heterocycles. The molecule has 1 aliphatic carbocycles. The Kier molecular flexibility index (Phi) is 5.91. The molecule has 0 bridgehead atoms. The van der Waals surface area contributed by atoms with Gasteiger partial charge in [-0.05, 0) is 50.3 Å². The van der Waals surface area contributed by atoms with Crippen LogP contribution in [0, 0.1) is 17.2 Å². The van der Waals surface area contributed by atoms with Crippen molar-refractivity contribution in [3.05, 3.63) is 53.6 Å². The van der Waals surface area contributed by atoms with Crippen molar-refractivity contribution in [1.82, 2.24) is 5.43 Å². The van der Waals surface area contributed by atoms with Gasteiger partial charge in [0.1, 0.15) is 11.8 Å². The average molecular weight is 323 g/mol. The molecule has 0 spiro atoms. The molecule has 0 saturated carbocycles. The highest BCUT2D eigenvalue weighted by Crippen LogP contribution is 2.26. The van der Waals surface area contributed by atoms with Crippen molar-refractivity contribution in [2.24, 2.45) is 11.0 Å². The van der Waals surface area contributed by atoms with E-state index in [9.17, 15) is 4.79 Å². The van der Waals surface area contributed by atoms with E-state index in [1.165, 1.54) is 0 Å². The number of nitriles is 1. The van der Waals surface area contributed by atoms with Gasteiger partial charge < -0.3 is 4.74 Å². The fourth-order valence-electron chi connectivity index (χ4n) is 2.41. The third-order valence-electron chi connectivity index (χ3n) is 3.98. The first-order chi connectivity index (χ1) is 11.5. The number of ether oxygens (including phenoxy) is 1. The lowest BCUT2D eigenvalue weighted by Crippen LogP contribution is -2.27. The topological polar surface area (TPSA) is 74.5 Å². The monoisotopic (exact) mass is 323 g/mol. The number of amides is 1. The lowest BCUT2D eigenvalue weighted by molar-refractivity contribution is -0.123. The molecule has 0 fully saturated rings. The van der Waals surface area contributed by atoms with E-state index in [4.69, 9.17) is 10.00 Å². The predicted molar refractivity (Wildman–Crippen MR) is 93.5 cm³/mol. The maximum atomic E-state index is 11.9. The second-order valence-electron chi connectivity index (χ2n) is 5.86. The Hall–Kier alpha value is -2.87. The Morgan fingerprint density at radius 3 is 2.96 bits per heavy atom. The molecule has 1 aromatic carbocycles. The molecule has 0 radical (unpaired) electrons. The molecule has 0 aliphatic heterocycles. The van der Waals surface area contributed by atoms with E-state index in [1.54, 1.807) is 24.3 Å². The summed E-state index contributed by atoms with van der Waals surface area (Å²) in [5.74, 6) is 0.391. The summed E-state index contributed by atoms with van der Waals surface area (Å²) in [5.41, 5.74) is 5.97. The average Bonchev–Trinajstić information content (AvgIpc) is 2.59. The van der Waals surface area contributed by atoms with Gasteiger partial charge in [0.05, 0.1) is 11.3 Å². The maximum absolute atomic E-state index is 11.9. The van der Waals surface area contributed by atoms with Gasteiger partial charge in [0, 0.05) is 0 Å². The third-order valence-corrected chi connectivity index (χ3v) is 3.98. The summed E-state index contributed by atoms with van der Waals surface area (Å²) in [4.78, 5) is 11.9. The number of rotatable bonds is 5. The first-order valence-electron chi connectivity index (χ1n) is 7.81. The van der Waals surface area contributed by atoms with Crippen LogP contribution in [0.3, 0.4) is 0 Å². The standard InChI is InChI=1S/C19H21N3O2/c1-13(2)15-9-8-14(3)17(10-15)21-22-19(23)12-24-18-7-5-4-6-16(18)11-20/h4-8,15H,1,9-10,12H2,2-3H3,(H,22,23)/t15-/m0/s1. The summed E-state index contributed by atoms with van der Waals surface area (Å²) in [6.07, 6.45) is 3.85. The zero-order valence-corrected chi connectivity index (χ0v) is 14.0. The van der Waals surface area contributed by atoms with E-state index < -0.39 is 0 Å². The Bertz CT molecular complexity index is 741. The zero-order valence-electron chi connectivity index (χ0n) is 14.0. The van der Waals surface area contributed by atoms with Gasteiger partial charge in [0.2, 0.25) is 0 Å². The van der Waals surface area contributed by atoms with Gasteiger partial charge in [0.15, 0.2) is 6.61 Å². The Morgan fingerprint density at radius 1 is 1.50 bits per heavy atom. The fourth-order valence-corrected chi connectivity index (χ4v) is 2.41. The minimum Gasteiger partial charge on any atom is -0.482 e. The van der Waals surface area contributed by atoms with E-state index in [2.05, 4.69) is 23.2 Å². The molecule has 1 N–H and O–H groups in total. The summed E-state index contributed by atoms with van der Waals surface area (Å²) in [7, 11) is 0. The molecule has 5 heteroatoms. The van der Waals surface area contributed by atoms with Crippen molar-refractivity contribution < 1.29 is 9.53 Å². The van der Waals surface area contributed by atoms with E-state index in [0.29, 0.717) is 17.2 Å². The Morgan fingerprint density at radius 2 is 2.25 bits per heavy atom.